The van der Waals surface area contributed by atoms with Crippen molar-refractivity contribution in [1.82, 2.24) is 20.2 Å². The van der Waals surface area contributed by atoms with Gasteiger partial charge in [0.25, 0.3) is 5.56 Å². The third-order valence-corrected chi connectivity index (χ3v) is 4.63. The number of pyridine rings is 2. The highest BCUT2D eigenvalue weighted by Crippen LogP contribution is 2.36. The Morgan fingerprint density at radius 1 is 1.30 bits per heavy atom. The van der Waals surface area contributed by atoms with Crippen LogP contribution in [0.15, 0.2) is 29.2 Å². The number of hydrogen-bond donors (Lipinski definition) is 4. The van der Waals surface area contributed by atoms with Crippen LogP contribution in [0.5, 0.6) is 0 Å². The molecule has 0 bridgehead atoms. The number of aliphatic hydroxyl groups is 1. The average molecular weight is 367 g/mol. The number of nitrogens with zero attached hydrogens (tertiary/aromatic N) is 2. The van der Waals surface area contributed by atoms with Gasteiger partial charge in [0.1, 0.15) is 22.6 Å². The lowest BCUT2D eigenvalue weighted by atomic mass is 9.96. The molecule has 4 rings (SSSR count). The summed E-state index contributed by atoms with van der Waals surface area (Å²) >= 11 is 0. The lowest BCUT2D eigenvalue weighted by Crippen LogP contribution is -2.21. The average Bonchev–Trinajstić information content (AvgIpc) is 3.07. The summed E-state index contributed by atoms with van der Waals surface area (Å²) in [4.78, 5) is 19.7. The first-order chi connectivity index (χ1) is 12.7. The Morgan fingerprint density at radius 2 is 2.04 bits per heavy atom. The van der Waals surface area contributed by atoms with E-state index in [1.807, 2.05) is 0 Å². The maximum Gasteiger partial charge on any atom is 0.272 e. The van der Waals surface area contributed by atoms with E-state index in [0.717, 1.165) is 5.56 Å². The molecule has 0 aliphatic heterocycles. The third kappa shape index (κ3) is 2.57. The first-order valence-electron chi connectivity index (χ1n) is 8.36. The smallest absolute Gasteiger partial charge is 0.272 e. The Balaban J connectivity index is 2.19. The van der Waals surface area contributed by atoms with E-state index in [1.165, 1.54) is 12.3 Å². The van der Waals surface area contributed by atoms with Crippen LogP contribution in [0.1, 0.15) is 25.1 Å². The number of aromatic nitrogens is 4. The number of fused-ring (bicyclic) bond motifs is 2. The summed E-state index contributed by atoms with van der Waals surface area (Å²) in [5, 5.41) is 17.5. The minimum Gasteiger partial charge on any atom is -0.394 e. The molecule has 1 aromatic carbocycles. The monoisotopic (exact) mass is 367 g/mol. The second-order valence-electron chi connectivity index (χ2n) is 7.11. The lowest BCUT2D eigenvalue weighted by molar-refractivity contribution is 0.0735. The normalized spacial score (nSPS) is 12.2. The number of aryl methyl sites for hydroxylation is 1. The molecular formula is C19H18FN5O2. The quantitative estimate of drug-likeness (QED) is 0.434. The maximum atomic E-state index is 14.1. The Kier molecular flexibility index (Phi) is 3.57. The lowest BCUT2D eigenvalue weighted by Gasteiger charge is -2.21. The summed E-state index contributed by atoms with van der Waals surface area (Å²) in [5.41, 5.74) is 7.65. The molecule has 0 radical (unpaired) electrons. The van der Waals surface area contributed by atoms with Crippen LogP contribution < -0.4 is 11.3 Å². The Labute approximate surface area is 153 Å². The van der Waals surface area contributed by atoms with Crippen molar-refractivity contribution in [3.05, 3.63) is 51.8 Å². The Morgan fingerprint density at radius 3 is 2.74 bits per heavy atom. The first-order valence-corrected chi connectivity index (χ1v) is 8.36. The van der Waals surface area contributed by atoms with E-state index >= 15 is 0 Å². The fraction of sp³-hybridized carbons (Fsp3) is 0.211. The zero-order chi connectivity index (χ0) is 19.5. The topological polar surface area (TPSA) is 121 Å². The largest absolute Gasteiger partial charge is 0.394 e. The van der Waals surface area contributed by atoms with E-state index < -0.39 is 17.0 Å². The van der Waals surface area contributed by atoms with Gasteiger partial charge in [-0.05, 0) is 44.0 Å². The van der Waals surface area contributed by atoms with Gasteiger partial charge in [-0.3, -0.25) is 9.89 Å². The molecule has 27 heavy (non-hydrogen) atoms. The number of nitrogen functional groups attached to an aromatic ring is 1. The molecule has 0 aliphatic carbocycles. The molecule has 138 valence electrons. The van der Waals surface area contributed by atoms with Crippen molar-refractivity contribution >= 4 is 27.6 Å². The molecule has 0 atom stereocenters. The van der Waals surface area contributed by atoms with Gasteiger partial charge in [-0.1, -0.05) is 6.07 Å². The molecule has 4 aromatic rings. The van der Waals surface area contributed by atoms with Crippen molar-refractivity contribution in [1.29, 1.82) is 0 Å². The number of hydrogen-bond acceptors (Lipinski definition) is 5. The van der Waals surface area contributed by atoms with Crippen LogP contribution in [0.4, 0.5) is 10.1 Å². The minimum absolute atomic E-state index is 0.0327. The van der Waals surface area contributed by atoms with Gasteiger partial charge in [-0.2, -0.15) is 5.10 Å². The molecule has 8 heteroatoms. The van der Waals surface area contributed by atoms with E-state index in [0.29, 0.717) is 33.2 Å². The van der Waals surface area contributed by atoms with Gasteiger partial charge >= 0.3 is 0 Å². The molecule has 0 saturated carbocycles. The molecule has 3 heterocycles. The summed E-state index contributed by atoms with van der Waals surface area (Å²) < 4.78 is 14.1. The van der Waals surface area contributed by atoms with E-state index in [4.69, 9.17) is 5.73 Å². The predicted octanol–water partition coefficient (Wildman–Crippen LogP) is 2.72. The summed E-state index contributed by atoms with van der Waals surface area (Å²) in [7, 11) is 0. The highest BCUT2D eigenvalue weighted by molar-refractivity contribution is 6.06. The van der Waals surface area contributed by atoms with Gasteiger partial charge in [-0.15, -0.1) is 0 Å². The van der Waals surface area contributed by atoms with Crippen molar-refractivity contribution in [3.8, 4) is 11.1 Å². The number of anilines is 1. The highest BCUT2D eigenvalue weighted by Gasteiger charge is 2.24. The summed E-state index contributed by atoms with van der Waals surface area (Å²) in [6.07, 6.45) is 1.48. The van der Waals surface area contributed by atoms with Gasteiger partial charge in [0.05, 0.1) is 22.9 Å². The van der Waals surface area contributed by atoms with Crippen molar-refractivity contribution in [2.45, 2.75) is 26.4 Å². The van der Waals surface area contributed by atoms with E-state index in [1.54, 1.807) is 32.9 Å². The molecule has 0 unspecified atom stereocenters. The molecule has 3 aromatic heterocycles. The van der Waals surface area contributed by atoms with Crippen LogP contribution in [0.25, 0.3) is 33.1 Å². The molecule has 0 saturated heterocycles. The van der Waals surface area contributed by atoms with Crippen LogP contribution >= 0.6 is 0 Å². The Hall–Kier alpha value is -3.26. The fourth-order valence-corrected chi connectivity index (χ4v) is 3.44. The van der Waals surface area contributed by atoms with Crippen LogP contribution in [0, 0.1) is 12.7 Å². The molecule has 0 fully saturated rings. The summed E-state index contributed by atoms with van der Waals surface area (Å²) in [6, 6.07) is 4.58. The molecule has 0 amide bonds. The first kappa shape index (κ1) is 17.2. The standard InChI is InChI=1S/C19H18FN5O2/c1-8-6-12-16(24-17(8)19(2,3)27)13(14(21)18(26)23-12)9-4-5-11(20)15-10(9)7-22-25-15/h4-7,27H,21H2,1-3H3,(H,22,25)(H,23,26). The number of halogens is 1. The van der Waals surface area contributed by atoms with E-state index in [-0.39, 0.29) is 11.2 Å². The van der Waals surface area contributed by atoms with Gasteiger partial charge < -0.3 is 15.8 Å². The number of aromatic amines is 2. The second kappa shape index (κ2) is 5.62. The number of benzene rings is 1. The predicted molar refractivity (Wildman–Crippen MR) is 102 cm³/mol. The van der Waals surface area contributed by atoms with Crippen LogP contribution in [0.2, 0.25) is 0 Å². The van der Waals surface area contributed by atoms with E-state index in [2.05, 4.69) is 20.2 Å². The maximum absolute atomic E-state index is 14.1. The van der Waals surface area contributed by atoms with Crippen molar-refractivity contribution < 1.29 is 9.50 Å². The minimum atomic E-state index is -1.19. The summed E-state index contributed by atoms with van der Waals surface area (Å²) in [6.45, 7) is 5.07. The molecule has 7 nitrogen and oxygen atoms in total. The van der Waals surface area contributed by atoms with Gasteiger partial charge in [0.15, 0.2) is 0 Å². The summed E-state index contributed by atoms with van der Waals surface area (Å²) in [5.74, 6) is -0.458. The van der Waals surface area contributed by atoms with E-state index in [9.17, 15) is 14.3 Å². The van der Waals surface area contributed by atoms with Crippen LogP contribution in [0.3, 0.4) is 0 Å². The zero-order valence-electron chi connectivity index (χ0n) is 15.0. The van der Waals surface area contributed by atoms with Crippen molar-refractivity contribution in [2.75, 3.05) is 5.73 Å². The molecule has 0 aliphatic rings. The van der Waals surface area contributed by atoms with Crippen molar-refractivity contribution in [2.24, 2.45) is 0 Å². The van der Waals surface area contributed by atoms with Crippen LogP contribution in [-0.4, -0.2) is 25.3 Å². The number of nitrogens with two attached hydrogens (primary N) is 1. The van der Waals surface area contributed by atoms with Crippen molar-refractivity contribution in [3.63, 3.8) is 0 Å². The highest BCUT2D eigenvalue weighted by atomic mass is 19.1. The third-order valence-electron chi connectivity index (χ3n) is 4.63. The SMILES string of the molecule is Cc1cc2[nH]c(=O)c(N)c(-c3ccc(F)c4[nH]ncc34)c2nc1C(C)(C)O. The molecule has 5 N–H and O–H groups in total. The van der Waals surface area contributed by atoms with Gasteiger partial charge in [-0.25, -0.2) is 9.37 Å². The van der Waals surface area contributed by atoms with Gasteiger partial charge in [0, 0.05) is 10.9 Å². The van der Waals surface area contributed by atoms with Crippen LogP contribution in [-0.2, 0) is 5.60 Å². The Bertz CT molecular complexity index is 1270. The number of nitrogens with one attached hydrogen (secondary N) is 2. The second-order valence-corrected chi connectivity index (χ2v) is 7.11. The number of H-pyrrole nitrogens is 2. The fourth-order valence-electron chi connectivity index (χ4n) is 3.44. The zero-order valence-corrected chi connectivity index (χ0v) is 15.0. The molecular weight excluding hydrogens is 349 g/mol. The molecule has 0 spiro atoms. The van der Waals surface area contributed by atoms with Gasteiger partial charge in [0.2, 0.25) is 0 Å². The number of rotatable bonds is 2.